The van der Waals surface area contributed by atoms with E-state index in [1.165, 1.54) is 6.08 Å². The molecule has 0 radical (unpaired) electrons. The molecule has 6 nitrogen and oxygen atoms in total. The van der Waals surface area contributed by atoms with E-state index < -0.39 is 17.9 Å². The standard InChI is InChI=1S/C14H21N3O3/c1-8(2)13(14(19)20)15-12(18)7-6-11-9(3)16-17(5)10(11)4/h6-8,13H,1-5H3,(H,15,18)(H,19,20)/b7-6+/t13-/m0/s1. The zero-order valence-electron chi connectivity index (χ0n) is 12.5. The molecule has 0 aliphatic heterocycles. The molecule has 20 heavy (non-hydrogen) atoms. The van der Waals surface area contributed by atoms with E-state index in [9.17, 15) is 9.59 Å². The van der Waals surface area contributed by atoms with Crippen LogP contribution in [0.3, 0.4) is 0 Å². The van der Waals surface area contributed by atoms with Crippen molar-refractivity contribution in [1.82, 2.24) is 15.1 Å². The Morgan fingerprint density at radius 2 is 1.95 bits per heavy atom. The number of aliphatic carboxylic acids is 1. The average molecular weight is 279 g/mol. The Labute approximate surface area is 118 Å². The first-order chi connectivity index (χ1) is 9.23. The maximum Gasteiger partial charge on any atom is 0.326 e. The van der Waals surface area contributed by atoms with Gasteiger partial charge >= 0.3 is 5.97 Å². The van der Waals surface area contributed by atoms with Crippen LogP contribution in [-0.2, 0) is 16.6 Å². The smallest absolute Gasteiger partial charge is 0.326 e. The lowest BCUT2D eigenvalue weighted by Gasteiger charge is -2.16. The Morgan fingerprint density at radius 1 is 1.35 bits per heavy atom. The van der Waals surface area contributed by atoms with Crippen molar-refractivity contribution < 1.29 is 14.7 Å². The number of carboxylic acid groups (broad SMARTS) is 1. The van der Waals surface area contributed by atoms with Crippen molar-refractivity contribution in [3.05, 3.63) is 23.0 Å². The lowest BCUT2D eigenvalue weighted by atomic mass is 10.0. The van der Waals surface area contributed by atoms with Gasteiger partial charge in [0.2, 0.25) is 5.91 Å². The van der Waals surface area contributed by atoms with E-state index in [-0.39, 0.29) is 5.92 Å². The van der Waals surface area contributed by atoms with Gasteiger partial charge in [0.05, 0.1) is 5.69 Å². The van der Waals surface area contributed by atoms with Crippen molar-refractivity contribution in [2.75, 3.05) is 0 Å². The number of carbonyl (C=O) groups is 2. The fraction of sp³-hybridized carbons (Fsp3) is 0.500. The highest BCUT2D eigenvalue weighted by Crippen LogP contribution is 2.13. The van der Waals surface area contributed by atoms with Crippen LogP contribution in [0.15, 0.2) is 6.08 Å². The van der Waals surface area contributed by atoms with Crippen LogP contribution >= 0.6 is 0 Å². The maximum absolute atomic E-state index is 11.8. The van der Waals surface area contributed by atoms with Crippen LogP contribution in [0, 0.1) is 19.8 Å². The monoisotopic (exact) mass is 279 g/mol. The largest absolute Gasteiger partial charge is 0.480 e. The average Bonchev–Trinajstić information content (AvgIpc) is 2.57. The van der Waals surface area contributed by atoms with Crippen molar-refractivity contribution >= 4 is 18.0 Å². The molecule has 0 aliphatic rings. The zero-order chi connectivity index (χ0) is 15.4. The molecule has 1 heterocycles. The van der Waals surface area contributed by atoms with Gasteiger partial charge < -0.3 is 10.4 Å². The molecule has 0 unspecified atom stereocenters. The van der Waals surface area contributed by atoms with Crippen LogP contribution in [-0.4, -0.2) is 32.8 Å². The van der Waals surface area contributed by atoms with E-state index >= 15 is 0 Å². The number of nitrogens with zero attached hydrogens (tertiary/aromatic N) is 2. The minimum atomic E-state index is -1.03. The van der Waals surface area contributed by atoms with Crippen molar-refractivity contribution in [3.63, 3.8) is 0 Å². The molecule has 2 N–H and O–H groups in total. The Morgan fingerprint density at radius 3 is 2.35 bits per heavy atom. The zero-order valence-corrected chi connectivity index (χ0v) is 12.5. The number of hydrogen-bond donors (Lipinski definition) is 2. The van der Waals surface area contributed by atoms with Gasteiger partial charge in [-0.05, 0) is 25.8 Å². The second-order valence-electron chi connectivity index (χ2n) is 5.11. The van der Waals surface area contributed by atoms with Gasteiger partial charge in [0.15, 0.2) is 0 Å². The predicted octanol–water partition coefficient (Wildman–Crippen LogP) is 1.28. The first-order valence-electron chi connectivity index (χ1n) is 6.45. The van der Waals surface area contributed by atoms with E-state index in [0.29, 0.717) is 0 Å². The summed E-state index contributed by atoms with van der Waals surface area (Å²) in [7, 11) is 1.83. The molecule has 1 amide bonds. The number of aromatic nitrogens is 2. The molecule has 0 fully saturated rings. The van der Waals surface area contributed by atoms with Crippen molar-refractivity contribution in [3.8, 4) is 0 Å². The van der Waals surface area contributed by atoms with Crippen LogP contribution in [0.25, 0.3) is 6.08 Å². The van der Waals surface area contributed by atoms with Gasteiger partial charge in [0.25, 0.3) is 0 Å². The summed E-state index contributed by atoms with van der Waals surface area (Å²) in [6.07, 6.45) is 3.00. The molecule has 0 aromatic carbocycles. The Hall–Kier alpha value is -2.11. The lowest BCUT2D eigenvalue weighted by molar-refractivity contribution is -0.142. The molecule has 1 atom stereocenters. The van der Waals surface area contributed by atoms with Crippen molar-refractivity contribution in [1.29, 1.82) is 0 Å². The molecule has 110 valence electrons. The number of amides is 1. The molecule has 1 aromatic heterocycles. The third kappa shape index (κ3) is 3.69. The fourth-order valence-electron chi connectivity index (χ4n) is 1.91. The number of hydrogen-bond acceptors (Lipinski definition) is 3. The topological polar surface area (TPSA) is 84.2 Å². The normalized spacial score (nSPS) is 12.9. The van der Waals surface area contributed by atoms with E-state index in [1.807, 2.05) is 20.9 Å². The fourth-order valence-corrected chi connectivity index (χ4v) is 1.91. The third-order valence-corrected chi connectivity index (χ3v) is 3.20. The predicted molar refractivity (Wildman–Crippen MR) is 76.1 cm³/mol. The molecule has 1 aromatic rings. The van der Waals surface area contributed by atoms with Crippen LogP contribution in [0.4, 0.5) is 0 Å². The second kappa shape index (κ2) is 6.36. The SMILES string of the molecule is Cc1nn(C)c(C)c1/C=C/C(=O)N[C@H](C(=O)O)C(C)C. The first kappa shape index (κ1) is 15.9. The second-order valence-corrected chi connectivity index (χ2v) is 5.11. The molecule has 1 rings (SSSR count). The summed E-state index contributed by atoms with van der Waals surface area (Å²) < 4.78 is 1.74. The van der Waals surface area contributed by atoms with E-state index in [4.69, 9.17) is 5.11 Å². The first-order valence-corrected chi connectivity index (χ1v) is 6.45. The van der Waals surface area contributed by atoms with E-state index in [2.05, 4.69) is 10.4 Å². The van der Waals surface area contributed by atoms with Crippen LogP contribution in [0.5, 0.6) is 0 Å². The van der Waals surface area contributed by atoms with Gasteiger partial charge in [0.1, 0.15) is 6.04 Å². The number of aryl methyl sites for hydroxylation is 2. The van der Waals surface area contributed by atoms with Gasteiger partial charge in [-0.25, -0.2) is 4.79 Å². The van der Waals surface area contributed by atoms with Crippen molar-refractivity contribution in [2.45, 2.75) is 33.7 Å². The summed E-state index contributed by atoms with van der Waals surface area (Å²) >= 11 is 0. The van der Waals surface area contributed by atoms with Gasteiger partial charge in [-0.3, -0.25) is 9.48 Å². The molecule has 0 saturated heterocycles. The Kier molecular flexibility index (Phi) is 5.07. The van der Waals surface area contributed by atoms with Gasteiger partial charge in [0, 0.05) is 24.4 Å². The summed E-state index contributed by atoms with van der Waals surface area (Å²) in [6, 6.07) is -0.886. The van der Waals surface area contributed by atoms with Crippen LogP contribution < -0.4 is 5.32 Å². The van der Waals surface area contributed by atoms with Crippen LogP contribution in [0.2, 0.25) is 0 Å². The quantitative estimate of drug-likeness (QED) is 0.795. The summed E-state index contributed by atoms with van der Waals surface area (Å²) in [6.45, 7) is 7.26. The molecule has 0 saturated carbocycles. The van der Waals surface area contributed by atoms with Gasteiger partial charge in [-0.1, -0.05) is 13.8 Å². The highest BCUT2D eigenvalue weighted by molar-refractivity contribution is 5.94. The number of carboxylic acids is 1. The summed E-state index contributed by atoms with van der Waals surface area (Å²) in [5.41, 5.74) is 2.65. The molecule has 6 heteroatoms. The van der Waals surface area contributed by atoms with Gasteiger partial charge in [-0.2, -0.15) is 5.10 Å². The minimum absolute atomic E-state index is 0.174. The molecule has 0 spiro atoms. The highest BCUT2D eigenvalue weighted by Gasteiger charge is 2.22. The Balaban J connectivity index is 2.80. The summed E-state index contributed by atoms with van der Waals surface area (Å²) in [5, 5.41) is 15.7. The number of carbonyl (C=O) groups excluding carboxylic acids is 1. The summed E-state index contributed by atoms with van der Waals surface area (Å²) in [5.74, 6) is -1.63. The van der Waals surface area contributed by atoms with Crippen LogP contribution in [0.1, 0.15) is 30.8 Å². The lowest BCUT2D eigenvalue weighted by Crippen LogP contribution is -2.43. The van der Waals surface area contributed by atoms with Crippen molar-refractivity contribution in [2.24, 2.45) is 13.0 Å². The number of rotatable bonds is 5. The highest BCUT2D eigenvalue weighted by atomic mass is 16.4. The third-order valence-electron chi connectivity index (χ3n) is 3.20. The molecular formula is C14H21N3O3. The van der Waals surface area contributed by atoms with Gasteiger partial charge in [-0.15, -0.1) is 0 Å². The summed E-state index contributed by atoms with van der Waals surface area (Å²) in [4.78, 5) is 22.8. The number of nitrogens with one attached hydrogen (secondary N) is 1. The minimum Gasteiger partial charge on any atom is -0.480 e. The van der Waals surface area contributed by atoms with E-state index in [0.717, 1.165) is 17.0 Å². The molecule has 0 aliphatic carbocycles. The molecular weight excluding hydrogens is 258 g/mol. The maximum atomic E-state index is 11.8. The Bertz CT molecular complexity index is 544. The molecule has 0 bridgehead atoms. The van der Waals surface area contributed by atoms with E-state index in [1.54, 1.807) is 24.6 Å².